The predicted molar refractivity (Wildman–Crippen MR) is 121 cm³/mol. The number of carbonyl (C=O) groups excluding carboxylic acids is 2. The quantitative estimate of drug-likeness (QED) is 0.352. The van der Waals surface area contributed by atoms with Crippen LogP contribution >= 0.6 is 28.1 Å². The Morgan fingerprint density at radius 2 is 1.90 bits per heavy atom. The van der Waals surface area contributed by atoms with Crippen LogP contribution in [0.1, 0.15) is 22.8 Å². The Balaban J connectivity index is 2.03. The summed E-state index contributed by atoms with van der Waals surface area (Å²) < 4.78 is 11.4. The summed E-state index contributed by atoms with van der Waals surface area (Å²) in [6, 6.07) is 8.91. The molecule has 2 N–H and O–H groups in total. The summed E-state index contributed by atoms with van der Waals surface area (Å²) in [5.74, 6) is -1.42. The molecule has 160 valence electrons. The van der Waals surface area contributed by atoms with Crippen LogP contribution in [0.5, 0.6) is 11.5 Å². The number of amides is 2. The Labute approximate surface area is 191 Å². The first-order chi connectivity index (χ1) is 14.8. The van der Waals surface area contributed by atoms with Gasteiger partial charge in [-0.1, -0.05) is 15.9 Å². The molecular weight excluding hydrogens is 488 g/mol. The van der Waals surface area contributed by atoms with Crippen molar-refractivity contribution in [1.82, 2.24) is 5.32 Å². The molecule has 0 saturated carbocycles. The number of methoxy groups -OCH3 is 1. The highest BCUT2D eigenvalue weighted by atomic mass is 79.9. The molecule has 1 fully saturated rings. The van der Waals surface area contributed by atoms with Crippen molar-refractivity contribution in [1.29, 1.82) is 0 Å². The van der Waals surface area contributed by atoms with Crippen LogP contribution in [0.4, 0.5) is 5.69 Å². The van der Waals surface area contributed by atoms with Gasteiger partial charge in [0.2, 0.25) is 0 Å². The van der Waals surface area contributed by atoms with Gasteiger partial charge in [0.1, 0.15) is 5.57 Å². The lowest BCUT2D eigenvalue weighted by Gasteiger charge is -2.29. The van der Waals surface area contributed by atoms with E-state index >= 15 is 0 Å². The van der Waals surface area contributed by atoms with Crippen molar-refractivity contribution >= 4 is 62.8 Å². The van der Waals surface area contributed by atoms with Gasteiger partial charge >= 0.3 is 5.97 Å². The second-order valence-electron chi connectivity index (χ2n) is 6.27. The Morgan fingerprint density at radius 3 is 2.48 bits per heavy atom. The van der Waals surface area contributed by atoms with Crippen LogP contribution < -0.4 is 19.7 Å². The third kappa shape index (κ3) is 4.59. The molecule has 3 rings (SSSR count). The van der Waals surface area contributed by atoms with E-state index in [2.05, 4.69) is 21.2 Å². The van der Waals surface area contributed by atoms with Gasteiger partial charge in [0.15, 0.2) is 16.6 Å². The lowest BCUT2D eigenvalue weighted by molar-refractivity contribution is -0.122. The highest BCUT2D eigenvalue weighted by molar-refractivity contribution is 9.10. The lowest BCUT2D eigenvalue weighted by atomic mass is 10.1. The van der Waals surface area contributed by atoms with Crippen LogP contribution in [0.25, 0.3) is 6.08 Å². The Morgan fingerprint density at radius 1 is 1.23 bits per heavy atom. The first-order valence-corrected chi connectivity index (χ1v) is 10.2. The molecule has 8 nitrogen and oxygen atoms in total. The van der Waals surface area contributed by atoms with Crippen molar-refractivity contribution < 1.29 is 29.0 Å². The van der Waals surface area contributed by atoms with Crippen molar-refractivity contribution in [3.63, 3.8) is 0 Å². The normalized spacial score (nSPS) is 15.1. The second-order valence-corrected chi connectivity index (χ2v) is 7.51. The van der Waals surface area contributed by atoms with Crippen LogP contribution in [0, 0.1) is 0 Å². The van der Waals surface area contributed by atoms with E-state index in [1.165, 1.54) is 37.5 Å². The molecule has 0 bridgehead atoms. The second kappa shape index (κ2) is 9.27. The SMILES string of the molecule is CCOc1cc(/C=C2\C(=O)NC(=S)N(c3ccc(C(=O)O)cc3)C2=O)c(Br)cc1OC. The summed E-state index contributed by atoms with van der Waals surface area (Å²) in [5.41, 5.74) is 0.764. The molecule has 1 heterocycles. The van der Waals surface area contributed by atoms with E-state index in [9.17, 15) is 14.4 Å². The topological polar surface area (TPSA) is 105 Å². The number of carboxylic acids is 1. The van der Waals surface area contributed by atoms with Crippen LogP contribution in [-0.4, -0.2) is 41.7 Å². The fourth-order valence-corrected chi connectivity index (χ4v) is 3.61. The van der Waals surface area contributed by atoms with Gasteiger partial charge in [-0.05, 0) is 67.2 Å². The van der Waals surface area contributed by atoms with Gasteiger partial charge in [-0.2, -0.15) is 0 Å². The van der Waals surface area contributed by atoms with Crippen LogP contribution in [0.15, 0.2) is 46.4 Å². The molecule has 1 aliphatic rings. The summed E-state index contributed by atoms with van der Waals surface area (Å²) in [7, 11) is 1.51. The number of benzene rings is 2. The molecule has 0 aliphatic carbocycles. The van der Waals surface area contributed by atoms with Crippen molar-refractivity contribution in [2.45, 2.75) is 6.92 Å². The maximum Gasteiger partial charge on any atom is 0.335 e. The zero-order valence-corrected chi connectivity index (χ0v) is 18.9. The number of rotatable bonds is 6. The van der Waals surface area contributed by atoms with Crippen molar-refractivity contribution in [3.8, 4) is 11.5 Å². The predicted octanol–water partition coefficient (Wildman–Crippen LogP) is 3.39. The van der Waals surface area contributed by atoms with Crippen molar-refractivity contribution in [2.24, 2.45) is 0 Å². The molecule has 2 aromatic carbocycles. The molecule has 0 aromatic heterocycles. The van der Waals surface area contributed by atoms with Gasteiger partial charge in [0.05, 0.1) is 25.0 Å². The van der Waals surface area contributed by atoms with E-state index in [-0.39, 0.29) is 16.2 Å². The van der Waals surface area contributed by atoms with Gasteiger partial charge in [-0.3, -0.25) is 19.8 Å². The molecule has 0 radical (unpaired) electrons. The molecule has 2 amide bonds. The zero-order valence-electron chi connectivity index (χ0n) is 16.5. The number of carboxylic acid groups (broad SMARTS) is 1. The maximum absolute atomic E-state index is 13.1. The van der Waals surface area contributed by atoms with Crippen molar-refractivity contribution in [3.05, 3.63) is 57.6 Å². The number of hydrogen-bond donors (Lipinski definition) is 2. The van der Waals surface area contributed by atoms with E-state index in [4.69, 9.17) is 26.8 Å². The highest BCUT2D eigenvalue weighted by Gasteiger charge is 2.34. The molecular formula is C21H17BrN2O6S. The number of carbonyl (C=O) groups is 3. The number of ether oxygens (including phenoxy) is 2. The average molecular weight is 505 g/mol. The zero-order chi connectivity index (χ0) is 22.7. The third-order valence-corrected chi connectivity index (χ3v) is 5.33. The summed E-state index contributed by atoms with van der Waals surface area (Å²) in [5, 5.41) is 11.5. The van der Waals surface area contributed by atoms with Crippen molar-refractivity contribution in [2.75, 3.05) is 18.6 Å². The van der Waals surface area contributed by atoms with E-state index in [0.29, 0.717) is 33.8 Å². The molecule has 10 heteroatoms. The van der Waals surface area contributed by atoms with Gasteiger partial charge in [0, 0.05) is 4.47 Å². The number of hydrogen-bond acceptors (Lipinski definition) is 6. The monoisotopic (exact) mass is 504 g/mol. The largest absolute Gasteiger partial charge is 0.493 e. The number of nitrogens with zero attached hydrogens (tertiary/aromatic N) is 1. The molecule has 0 unspecified atom stereocenters. The van der Waals surface area contributed by atoms with E-state index in [1.54, 1.807) is 12.1 Å². The third-order valence-electron chi connectivity index (χ3n) is 4.36. The van der Waals surface area contributed by atoms with E-state index in [0.717, 1.165) is 4.90 Å². The first-order valence-electron chi connectivity index (χ1n) is 9.02. The van der Waals surface area contributed by atoms with E-state index < -0.39 is 17.8 Å². The maximum atomic E-state index is 13.1. The summed E-state index contributed by atoms with van der Waals surface area (Å²) in [6.07, 6.45) is 1.42. The molecule has 31 heavy (non-hydrogen) atoms. The molecule has 0 spiro atoms. The van der Waals surface area contributed by atoms with Crippen LogP contribution in [-0.2, 0) is 9.59 Å². The molecule has 2 aromatic rings. The number of nitrogens with one attached hydrogen (secondary N) is 1. The van der Waals surface area contributed by atoms with Gasteiger partial charge < -0.3 is 14.6 Å². The fourth-order valence-electron chi connectivity index (χ4n) is 2.89. The van der Waals surface area contributed by atoms with Crippen LogP contribution in [0.2, 0.25) is 0 Å². The highest BCUT2D eigenvalue weighted by Crippen LogP contribution is 2.35. The first kappa shape index (κ1) is 22.4. The minimum atomic E-state index is -1.09. The lowest BCUT2D eigenvalue weighted by Crippen LogP contribution is -2.54. The number of aromatic carboxylic acids is 1. The van der Waals surface area contributed by atoms with Gasteiger partial charge in [-0.25, -0.2) is 4.79 Å². The summed E-state index contributed by atoms with van der Waals surface area (Å²) in [4.78, 5) is 37.9. The minimum Gasteiger partial charge on any atom is -0.493 e. The van der Waals surface area contributed by atoms with E-state index in [1.807, 2.05) is 6.92 Å². The molecule has 0 atom stereocenters. The Kier molecular flexibility index (Phi) is 6.71. The number of halogens is 1. The number of anilines is 1. The summed E-state index contributed by atoms with van der Waals surface area (Å²) in [6.45, 7) is 2.23. The summed E-state index contributed by atoms with van der Waals surface area (Å²) >= 11 is 8.58. The fraction of sp³-hybridized carbons (Fsp3) is 0.143. The number of thiocarbonyl (C=S) groups is 1. The van der Waals surface area contributed by atoms with Gasteiger partial charge in [-0.15, -0.1) is 0 Å². The smallest absolute Gasteiger partial charge is 0.335 e. The Bertz CT molecular complexity index is 1110. The minimum absolute atomic E-state index is 0.0598. The standard InChI is InChI=1S/C21H17BrN2O6S/c1-3-30-17-9-12(15(22)10-16(17)29-2)8-14-18(25)23-21(31)24(19(14)26)13-6-4-11(5-7-13)20(27)28/h4-10H,3H2,1-2H3,(H,27,28)(H,23,25,31)/b14-8+. The Hall–Kier alpha value is -3.24. The average Bonchev–Trinajstić information content (AvgIpc) is 2.73. The molecule has 1 saturated heterocycles. The molecule has 1 aliphatic heterocycles. The van der Waals surface area contributed by atoms with Gasteiger partial charge in [0.25, 0.3) is 11.8 Å². The van der Waals surface area contributed by atoms with Crippen LogP contribution in [0.3, 0.4) is 0 Å².